The molecule has 4 N–H and O–H groups in total. The van der Waals surface area contributed by atoms with Crippen molar-refractivity contribution in [3.8, 4) is 0 Å². The van der Waals surface area contributed by atoms with E-state index in [1.807, 2.05) is 0 Å². The smallest absolute Gasteiger partial charge is 0.149 e. The minimum Gasteiger partial charge on any atom is -0.394 e. The molecule has 0 unspecified atom stereocenters. The zero-order valence-electron chi connectivity index (χ0n) is 10.8. The second kappa shape index (κ2) is 4.85. The highest BCUT2D eigenvalue weighted by Crippen LogP contribution is 2.36. The summed E-state index contributed by atoms with van der Waals surface area (Å²) in [6, 6.07) is 1.67. The Kier molecular flexibility index (Phi) is 3.29. The lowest BCUT2D eigenvalue weighted by atomic mass is 10.2. The van der Waals surface area contributed by atoms with Crippen LogP contribution >= 0.6 is 11.6 Å². The number of aromatic nitrogens is 3. The van der Waals surface area contributed by atoms with Crippen LogP contribution in [0.25, 0.3) is 11.0 Å². The van der Waals surface area contributed by atoms with Crippen molar-refractivity contribution in [1.82, 2.24) is 14.5 Å². The number of hydrogen-bond acceptors (Lipinski definition) is 6. The van der Waals surface area contributed by atoms with E-state index in [0.717, 1.165) is 0 Å². The lowest BCUT2D eigenvalue weighted by Gasteiger charge is -2.15. The first-order chi connectivity index (χ1) is 9.51. The highest BCUT2D eigenvalue weighted by Gasteiger charge is 2.36. The molecule has 0 spiro atoms. The molecule has 1 fully saturated rings. The average Bonchev–Trinajstić information content (AvgIpc) is 2.89. The molecule has 0 aliphatic carbocycles. The van der Waals surface area contributed by atoms with Crippen molar-refractivity contribution in [1.29, 1.82) is 0 Å². The number of hydrogen-bond donors (Lipinski definition) is 3. The van der Waals surface area contributed by atoms with Crippen LogP contribution < -0.4 is 5.73 Å². The molecule has 0 amide bonds. The van der Waals surface area contributed by atoms with E-state index in [1.54, 1.807) is 17.6 Å². The van der Waals surface area contributed by atoms with E-state index >= 15 is 0 Å². The molecule has 8 heteroatoms. The SMILES string of the molecule is Cc1nc(N)c2cc(Cl)n([C@H]3C[C@H](O)[C@@H](CO)O3)c2n1. The van der Waals surface area contributed by atoms with E-state index in [9.17, 15) is 5.11 Å². The van der Waals surface area contributed by atoms with Gasteiger partial charge in [0.2, 0.25) is 0 Å². The van der Waals surface area contributed by atoms with E-state index in [0.29, 0.717) is 34.2 Å². The molecule has 20 heavy (non-hydrogen) atoms. The van der Waals surface area contributed by atoms with Gasteiger partial charge in [0.05, 0.1) is 18.1 Å². The van der Waals surface area contributed by atoms with Crippen LogP contribution in [0.15, 0.2) is 6.07 Å². The predicted octanol–water partition coefficient (Wildman–Crippen LogP) is 0.616. The first-order valence-electron chi connectivity index (χ1n) is 6.26. The number of anilines is 1. The molecular formula is C12H15ClN4O3. The Morgan fingerprint density at radius 1 is 1.55 bits per heavy atom. The average molecular weight is 299 g/mol. The number of ether oxygens (including phenoxy) is 1. The predicted molar refractivity (Wildman–Crippen MR) is 73.3 cm³/mol. The molecule has 3 atom stereocenters. The number of halogens is 1. The normalized spacial score (nSPS) is 26.5. The van der Waals surface area contributed by atoms with Gasteiger partial charge < -0.3 is 20.7 Å². The zero-order valence-corrected chi connectivity index (χ0v) is 11.6. The number of nitrogens with zero attached hydrogens (tertiary/aromatic N) is 3. The summed E-state index contributed by atoms with van der Waals surface area (Å²) in [5, 5.41) is 20.0. The fourth-order valence-corrected chi connectivity index (χ4v) is 2.81. The van der Waals surface area contributed by atoms with Gasteiger partial charge in [0.1, 0.15) is 34.8 Å². The van der Waals surface area contributed by atoms with Gasteiger partial charge in [-0.05, 0) is 13.0 Å². The van der Waals surface area contributed by atoms with E-state index in [4.69, 9.17) is 27.2 Å². The van der Waals surface area contributed by atoms with Gasteiger partial charge in [0.15, 0.2) is 0 Å². The van der Waals surface area contributed by atoms with E-state index in [2.05, 4.69) is 9.97 Å². The van der Waals surface area contributed by atoms with Crippen LogP contribution in [0.2, 0.25) is 5.15 Å². The largest absolute Gasteiger partial charge is 0.394 e. The molecule has 1 aliphatic rings. The number of aliphatic hydroxyl groups is 2. The summed E-state index contributed by atoms with van der Waals surface area (Å²) in [5.74, 6) is 0.883. The van der Waals surface area contributed by atoms with Crippen LogP contribution in [-0.4, -0.2) is 43.6 Å². The second-order valence-electron chi connectivity index (χ2n) is 4.85. The summed E-state index contributed by atoms with van der Waals surface area (Å²) in [6.45, 7) is 1.49. The summed E-state index contributed by atoms with van der Waals surface area (Å²) in [7, 11) is 0. The van der Waals surface area contributed by atoms with Gasteiger partial charge in [0, 0.05) is 6.42 Å². The monoisotopic (exact) mass is 298 g/mol. The lowest BCUT2D eigenvalue weighted by Crippen LogP contribution is -2.24. The zero-order chi connectivity index (χ0) is 14.4. The highest BCUT2D eigenvalue weighted by atomic mass is 35.5. The van der Waals surface area contributed by atoms with Gasteiger partial charge >= 0.3 is 0 Å². The molecule has 0 aromatic carbocycles. The Morgan fingerprint density at radius 2 is 2.30 bits per heavy atom. The maximum Gasteiger partial charge on any atom is 0.149 e. The van der Waals surface area contributed by atoms with Crippen LogP contribution in [0.1, 0.15) is 18.5 Å². The number of aryl methyl sites for hydroxylation is 1. The molecule has 2 aromatic rings. The Bertz CT molecular complexity index is 660. The molecule has 3 rings (SSSR count). The van der Waals surface area contributed by atoms with E-state index in [-0.39, 0.29) is 6.61 Å². The Hall–Kier alpha value is -1.41. The van der Waals surface area contributed by atoms with E-state index < -0.39 is 18.4 Å². The van der Waals surface area contributed by atoms with Crippen LogP contribution in [0, 0.1) is 6.92 Å². The summed E-state index contributed by atoms with van der Waals surface area (Å²) >= 11 is 6.23. The summed E-state index contributed by atoms with van der Waals surface area (Å²) in [4.78, 5) is 8.43. The van der Waals surface area contributed by atoms with Gasteiger partial charge in [-0.25, -0.2) is 9.97 Å². The first-order valence-corrected chi connectivity index (χ1v) is 6.64. The fourth-order valence-electron chi connectivity index (χ4n) is 2.51. The minimum absolute atomic E-state index is 0.245. The second-order valence-corrected chi connectivity index (χ2v) is 5.23. The number of aliphatic hydroxyl groups excluding tert-OH is 2. The van der Waals surface area contributed by atoms with Crippen LogP contribution in [-0.2, 0) is 4.74 Å². The van der Waals surface area contributed by atoms with Gasteiger partial charge in [-0.2, -0.15) is 0 Å². The van der Waals surface area contributed by atoms with Crippen molar-refractivity contribution in [3.05, 3.63) is 17.0 Å². The van der Waals surface area contributed by atoms with Crippen molar-refractivity contribution < 1.29 is 14.9 Å². The van der Waals surface area contributed by atoms with Crippen molar-refractivity contribution in [3.63, 3.8) is 0 Å². The maximum absolute atomic E-state index is 9.83. The number of nitrogen functional groups attached to an aromatic ring is 1. The molecule has 108 valence electrons. The van der Waals surface area contributed by atoms with Crippen molar-refractivity contribution in [2.75, 3.05) is 12.3 Å². The van der Waals surface area contributed by atoms with Crippen molar-refractivity contribution >= 4 is 28.5 Å². The Balaban J connectivity index is 2.10. The molecule has 3 heterocycles. The van der Waals surface area contributed by atoms with Crippen LogP contribution in [0.5, 0.6) is 0 Å². The number of fused-ring (bicyclic) bond motifs is 1. The molecule has 0 bridgehead atoms. The minimum atomic E-state index is -0.737. The van der Waals surface area contributed by atoms with Gasteiger partial charge in [-0.15, -0.1) is 0 Å². The Morgan fingerprint density at radius 3 is 2.95 bits per heavy atom. The van der Waals surface area contributed by atoms with Gasteiger partial charge in [0.25, 0.3) is 0 Å². The molecular weight excluding hydrogens is 284 g/mol. The van der Waals surface area contributed by atoms with Crippen LogP contribution in [0.3, 0.4) is 0 Å². The summed E-state index contributed by atoms with van der Waals surface area (Å²) in [6.07, 6.45) is -1.51. The third-order valence-electron chi connectivity index (χ3n) is 3.46. The standard InChI is InChI=1S/C12H15ClN4O3/c1-5-15-11(14)6-2-9(13)17(12(6)16-5)10-3-7(19)8(4-18)20-10/h2,7-8,10,18-19H,3-4H2,1H3,(H2,14,15,16)/t7-,8+,10+/m0/s1. The number of rotatable bonds is 2. The third kappa shape index (κ3) is 2.03. The fraction of sp³-hybridized carbons (Fsp3) is 0.500. The topological polar surface area (TPSA) is 106 Å². The van der Waals surface area contributed by atoms with Crippen molar-refractivity contribution in [2.24, 2.45) is 0 Å². The molecule has 1 saturated heterocycles. The van der Waals surface area contributed by atoms with Gasteiger partial charge in [-0.3, -0.25) is 4.57 Å². The molecule has 0 radical (unpaired) electrons. The highest BCUT2D eigenvalue weighted by molar-refractivity contribution is 6.31. The number of nitrogens with two attached hydrogens (primary N) is 1. The van der Waals surface area contributed by atoms with E-state index in [1.165, 1.54) is 0 Å². The molecule has 0 saturated carbocycles. The van der Waals surface area contributed by atoms with Gasteiger partial charge in [-0.1, -0.05) is 11.6 Å². The maximum atomic E-state index is 9.83. The van der Waals surface area contributed by atoms with Crippen molar-refractivity contribution in [2.45, 2.75) is 31.8 Å². The quantitative estimate of drug-likeness (QED) is 0.750. The third-order valence-corrected chi connectivity index (χ3v) is 3.75. The first kappa shape index (κ1) is 13.6. The summed E-state index contributed by atoms with van der Waals surface area (Å²) < 4.78 is 7.28. The van der Waals surface area contributed by atoms with Crippen LogP contribution in [0.4, 0.5) is 5.82 Å². The summed E-state index contributed by atoms with van der Waals surface area (Å²) in [5.41, 5.74) is 6.43. The Labute approximate surface area is 120 Å². The molecule has 1 aliphatic heterocycles. The molecule has 7 nitrogen and oxygen atoms in total. The lowest BCUT2D eigenvalue weighted by molar-refractivity contribution is -0.0429. The molecule has 2 aromatic heterocycles.